The van der Waals surface area contributed by atoms with Crippen molar-refractivity contribution in [3.05, 3.63) is 102 Å². The second-order valence-electron chi connectivity index (χ2n) is 10.7. The first kappa shape index (κ1) is 26.2. The molecule has 6 rings (SSSR count). The maximum Gasteiger partial charge on any atom is 0.211 e. The lowest BCUT2D eigenvalue weighted by molar-refractivity contribution is 0.0588. The highest BCUT2D eigenvalue weighted by Gasteiger charge is 2.57. The summed E-state index contributed by atoms with van der Waals surface area (Å²) >= 11 is 3.75. The highest BCUT2D eigenvalue weighted by atomic mass is 32.2. The summed E-state index contributed by atoms with van der Waals surface area (Å²) in [5.74, 6) is 3.09. The van der Waals surface area contributed by atoms with Gasteiger partial charge in [0.25, 0.3) is 0 Å². The summed E-state index contributed by atoms with van der Waals surface area (Å²) in [6, 6.07) is 31.2. The Bertz CT molecular complexity index is 1540. The van der Waals surface area contributed by atoms with Crippen molar-refractivity contribution in [1.29, 1.82) is 0 Å². The zero-order chi connectivity index (χ0) is 27.2. The number of para-hydroxylation sites is 1. The van der Waals surface area contributed by atoms with Crippen molar-refractivity contribution in [3.8, 4) is 28.0 Å². The van der Waals surface area contributed by atoms with E-state index >= 15 is 0 Å². The molecular formula is C35H35NOS2. The van der Waals surface area contributed by atoms with Crippen molar-refractivity contribution < 1.29 is 4.74 Å². The van der Waals surface area contributed by atoms with E-state index in [4.69, 9.17) is 4.74 Å². The van der Waals surface area contributed by atoms with Crippen LogP contribution in [0.3, 0.4) is 0 Å². The molecule has 1 spiro atoms. The minimum Gasteiger partial charge on any atom is -0.462 e. The Hall–Kier alpha value is -3.08. The molecule has 2 nitrogen and oxygen atoms in total. The highest BCUT2D eigenvalue weighted by Crippen LogP contribution is 2.55. The van der Waals surface area contributed by atoms with Crippen LogP contribution in [0.25, 0.3) is 28.3 Å². The van der Waals surface area contributed by atoms with Crippen LogP contribution >= 0.6 is 23.5 Å². The topological polar surface area (TPSA) is 12.5 Å². The number of rotatable bonds is 6. The van der Waals surface area contributed by atoms with Crippen LogP contribution in [0.4, 0.5) is 5.69 Å². The molecule has 2 aliphatic rings. The van der Waals surface area contributed by atoms with Crippen molar-refractivity contribution >= 4 is 35.3 Å². The van der Waals surface area contributed by atoms with Gasteiger partial charge in [0.05, 0.1) is 5.41 Å². The smallest absolute Gasteiger partial charge is 0.211 e. The van der Waals surface area contributed by atoms with E-state index in [1.54, 1.807) is 0 Å². The van der Waals surface area contributed by atoms with Crippen LogP contribution in [0, 0.1) is 0 Å². The van der Waals surface area contributed by atoms with E-state index in [0.29, 0.717) is 0 Å². The number of ether oxygens (including phenoxy) is 1. The molecule has 0 aromatic heterocycles. The molecule has 2 heterocycles. The summed E-state index contributed by atoms with van der Waals surface area (Å²) in [6.45, 7) is 8.98. The molecule has 4 aromatic rings. The maximum absolute atomic E-state index is 7.23. The van der Waals surface area contributed by atoms with Crippen LogP contribution in [-0.4, -0.2) is 24.3 Å². The lowest BCUT2D eigenvalue weighted by Gasteiger charge is -2.46. The molecule has 0 aliphatic carbocycles. The van der Waals surface area contributed by atoms with Crippen LogP contribution in [-0.2, 0) is 5.41 Å². The third kappa shape index (κ3) is 4.29. The summed E-state index contributed by atoms with van der Waals surface area (Å²) in [6.07, 6.45) is 4.55. The fourth-order valence-corrected chi connectivity index (χ4v) is 7.40. The normalized spacial score (nSPS) is 18.6. The Morgan fingerprint density at radius 2 is 1.36 bits per heavy atom. The van der Waals surface area contributed by atoms with Crippen molar-refractivity contribution in [1.82, 2.24) is 0 Å². The molecule has 2 aliphatic heterocycles. The van der Waals surface area contributed by atoms with E-state index in [9.17, 15) is 0 Å². The predicted molar refractivity (Wildman–Crippen MR) is 170 cm³/mol. The van der Waals surface area contributed by atoms with Crippen LogP contribution in [0.5, 0.6) is 5.75 Å². The molecule has 0 amide bonds. The lowest BCUT2D eigenvalue weighted by atomic mass is 9.76. The number of fused-ring (bicyclic) bond motifs is 2. The van der Waals surface area contributed by atoms with E-state index in [1.165, 1.54) is 37.7 Å². The number of hydrogen-bond donors (Lipinski definition) is 0. The number of anilines is 1. The Kier molecular flexibility index (Phi) is 6.81. The third-order valence-electron chi connectivity index (χ3n) is 8.17. The fourth-order valence-electron chi connectivity index (χ4n) is 6.07. The quantitative estimate of drug-likeness (QED) is 0.222. The summed E-state index contributed by atoms with van der Waals surface area (Å²) in [5, 5.41) is 0. The van der Waals surface area contributed by atoms with Gasteiger partial charge in [-0.2, -0.15) is 0 Å². The van der Waals surface area contributed by atoms with Gasteiger partial charge in [-0.15, -0.1) is 23.5 Å². The molecule has 0 fully saturated rings. The standard InChI is InChI=1S/C35H35NOS2/c1-6-38-28-16-12-24(13-17-28)27-22-26-20-21-35(34(3,4)31-10-8-9-11-32(31)36(35)5)37-33(26)30(23-27)25-14-18-29(19-15-25)39-7-2/h8-23H,6-7H2,1-5H3. The van der Waals surface area contributed by atoms with E-state index in [2.05, 4.69) is 137 Å². The molecule has 0 N–H and O–H groups in total. The van der Waals surface area contributed by atoms with Crippen LogP contribution in [0.1, 0.15) is 38.8 Å². The van der Waals surface area contributed by atoms with E-state index in [1.807, 2.05) is 23.5 Å². The number of hydrogen-bond acceptors (Lipinski definition) is 4. The van der Waals surface area contributed by atoms with Gasteiger partial charge in [-0.25, -0.2) is 0 Å². The van der Waals surface area contributed by atoms with Crippen molar-refractivity contribution in [2.24, 2.45) is 0 Å². The van der Waals surface area contributed by atoms with Gasteiger partial charge < -0.3 is 9.64 Å². The largest absolute Gasteiger partial charge is 0.462 e. The fraction of sp³-hybridized carbons (Fsp3) is 0.257. The van der Waals surface area contributed by atoms with Gasteiger partial charge in [-0.3, -0.25) is 0 Å². The molecule has 1 unspecified atom stereocenters. The molecular weight excluding hydrogens is 515 g/mol. The number of nitrogens with zero attached hydrogens (tertiary/aromatic N) is 1. The van der Waals surface area contributed by atoms with Crippen molar-refractivity contribution in [2.75, 3.05) is 23.5 Å². The van der Waals surface area contributed by atoms with E-state index in [0.717, 1.165) is 28.4 Å². The molecule has 0 saturated heterocycles. The van der Waals surface area contributed by atoms with Crippen LogP contribution < -0.4 is 9.64 Å². The zero-order valence-corrected chi connectivity index (χ0v) is 25.0. The Morgan fingerprint density at radius 3 is 1.97 bits per heavy atom. The van der Waals surface area contributed by atoms with Gasteiger partial charge in [-0.05, 0) is 102 Å². The first-order valence-electron chi connectivity index (χ1n) is 13.7. The SMILES string of the molecule is CCSc1ccc(-c2cc3c(c(-c4ccc(SCC)cc4)c2)OC2(C=C3)N(C)c3ccccc3C2(C)C)cc1. The minimum atomic E-state index is -0.614. The number of benzene rings is 4. The molecule has 39 heavy (non-hydrogen) atoms. The Morgan fingerprint density at radius 1 is 0.744 bits per heavy atom. The van der Waals surface area contributed by atoms with Gasteiger partial charge in [0.15, 0.2) is 0 Å². The predicted octanol–water partition coefficient (Wildman–Crippen LogP) is 9.77. The molecule has 0 radical (unpaired) electrons. The summed E-state index contributed by atoms with van der Waals surface area (Å²) in [4.78, 5) is 4.91. The van der Waals surface area contributed by atoms with Gasteiger partial charge in [-0.1, -0.05) is 56.3 Å². The summed E-state index contributed by atoms with van der Waals surface area (Å²) in [5.41, 5.74) is 7.53. The van der Waals surface area contributed by atoms with E-state index < -0.39 is 5.72 Å². The summed E-state index contributed by atoms with van der Waals surface area (Å²) < 4.78 is 7.23. The molecule has 0 bridgehead atoms. The molecule has 198 valence electrons. The monoisotopic (exact) mass is 549 g/mol. The van der Waals surface area contributed by atoms with Gasteiger partial charge in [0.1, 0.15) is 5.75 Å². The van der Waals surface area contributed by atoms with Crippen molar-refractivity contribution in [3.63, 3.8) is 0 Å². The second kappa shape index (κ2) is 10.1. The average Bonchev–Trinajstić information content (AvgIpc) is 3.12. The lowest BCUT2D eigenvalue weighted by Crippen LogP contribution is -2.58. The number of thioether (sulfide) groups is 2. The van der Waals surface area contributed by atoms with Gasteiger partial charge >= 0.3 is 0 Å². The first-order valence-corrected chi connectivity index (χ1v) is 15.7. The average molecular weight is 550 g/mol. The van der Waals surface area contributed by atoms with Gasteiger partial charge in [0, 0.05) is 33.7 Å². The molecule has 4 heteroatoms. The Balaban J connectivity index is 1.50. The third-order valence-corrected chi connectivity index (χ3v) is 9.96. The molecule has 1 atom stereocenters. The molecule has 4 aromatic carbocycles. The summed E-state index contributed by atoms with van der Waals surface area (Å²) in [7, 11) is 2.16. The van der Waals surface area contributed by atoms with Crippen molar-refractivity contribution in [2.45, 2.75) is 48.6 Å². The van der Waals surface area contributed by atoms with Gasteiger partial charge in [0.2, 0.25) is 5.72 Å². The number of likely N-dealkylation sites (N-methyl/N-ethyl adjacent to an activating group) is 1. The second-order valence-corrected chi connectivity index (χ2v) is 13.4. The zero-order valence-electron chi connectivity index (χ0n) is 23.3. The van der Waals surface area contributed by atoms with E-state index in [-0.39, 0.29) is 5.41 Å². The highest BCUT2D eigenvalue weighted by molar-refractivity contribution is 7.99. The molecule has 0 saturated carbocycles. The minimum absolute atomic E-state index is 0.239. The van der Waals surface area contributed by atoms with Crippen LogP contribution in [0.15, 0.2) is 101 Å². The first-order chi connectivity index (χ1) is 18.9. The maximum atomic E-state index is 7.23. The Labute approximate surface area is 241 Å². The van der Waals surface area contributed by atoms with Crippen LogP contribution in [0.2, 0.25) is 0 Å².